The first-order chi connectivity index (χ1) is 12.2. The van der Waals surface area contributed by atoms with Gasteiger partial charge in [0.2, 0.25) is 0 Å². The Balaban J connectivity index is 0.00000168. The molecule has 0 atom stereocenters. The van der Waals surface area contributed by atoms with Crippen molar-refractivity contribution in [2.24, 2.45) is 0 Å². The van der Waals surface area contributed by atoms with Gasteiger partial charge in [-0.1, -0.05) is 23.7 Å². The fraction of sp³-hybridized carbons (Fsp3) is 0.235. The highest BCUT2D eigenvalue weighted by atomic mass is 35.5. The third-order valence-electron chi connectivity index (χ3n) is 4.59. The maximum atomic E-state index is 13.0. The molecule has 0 amide bonds. The molecule has 9 heteroatoms. The van der Waals surface area contributed by atoms with Gasteiger partial charge in [-0.15, -0.1) is 23.7 Å². The summed E-state index contributed by atoms with van der Waals surface area (Å²) in [6.45, 7) is 2.26. The molecule has 0 saturated carbocycles. The van der Waals surface area contributed by atoms with E-state index in [0.717, 1.165) is 35.3 Å². The number of nitrogens with zero attached hydrogens (tertiary/aromatic N) is 4. The highest BCUT2D eigenvalue weighted by Gasteiger charge is 2.23. The zero-order chi connectivity index (χ0) is 17.0. The van der Waals surface area contributed by atoms with Crippen LogP contribution in [0.4, 0.5) is 0 Å². The smallest absolute Gasteiger partial charge is 0.312 e. The number of aromatic nitrogens is 4. The normalized spacial score (nSPS) is 13.7. The molecule has 0 radical (unpaired) electrons. The van der Waals surface area contributed by atoms with Crippen LogP contribution in [0, 0.1) is 0 Å². The number of rotatable bonds is 2. The molecule has 1 aromatic carbocycles. The van der Waals surface area contributed by atoms with Gasteiger partial charge in [0.05, 0.1) is 11.9 Å². The van der Waals surface area contributed by atoms with Gasteiger partial charge in [0.25, 0.3) is 0 Å². The first-order valence-electron chi connectivity index (χ1n) is 8.04. The van der Waals surface area contributed by atoms with Crippen molar-refractivity contribution in [2.45, 2.75) is 19.5 Å². The molecule has 3 aromatic heterocycles. The predicted molar refractivity (Wildman–Crippen MR) is 106 cm³/mol. The Morgan fingerprint density at radius 2 is 2.08 bits per heavy atom. The zero-order valence-corrected chi connectivity index (χ0v) is 16.0. The lowest BCUT2D eigenvalue weighted by atomic mass is 10.1. The van der Waals surface area contributed by atoms with Crippen molar-refractivity contribution in [2.75, 3.05) is 6.54 Å². The number of nitrogens with one attached hydrogen (secondary N) is 1. The van der Waals surface area contributed by atoms with Gasteiger partial charge in [-0.3, -0.25) is 4.57 Å². The minimum atomic E-state index is -0.165. The largest absolute Gasteiger partial charge is 0.352 e. The van der Waals surface area contributed by atoms with E-state index >= 15 is 0 Å². The van der Waals surface area contributed by atoms with Crippen LogP contribution in [-0.4, -0.2) is 25.7 Å². The average molecular weight is 408 g/mol. The summed E-state index contributed by atoms with van der Waals surface area (Å²) in [5, 5.41) is 9.30. The van der Waals surface area contributed by atoms with Gasteiger partial charge >= 0.3 is 5.69 Å². The molecule has 5 rings (SSSR count). The summed E-state index contributed by atoms with van der Waals surface area (Å²) in [5.74, 6) is 0. The molecule has 1 N–H and O–H groups in total. The maximum absolute atomic E-state index is 13.0. The first kappa shape index (κ1) is 17.5. The lowest BCUT2D eigenvalue weighted by Crippen LogP contribution is -2.28. The number of thiophene rings is 1. The Kier molecular flexibility index (Phi) is 4.48. The number of fused-ring (bicyclic) bond motifs is 5. The second-order valence-electron chi connectivity index (χ2n) is 6.10. The van der Waals surface area contributed by atoms with Crippen LogP contribution in [-0.2, 0) is 19.5 Å². The Hall–Kier alpha value is -1.93. The molecule has 0 saturated heterocycles. The second kappa shape index (κ2) is 6.66. The number of benzene rings is 1. The fourth-order valence-corrected chi connectivity index (χ4v) is 4.84. The molecule has 0 aliphatic carbocycles. The molecule has 4 aromatic rings. The third kappa shape index (κ3) is 2.63. The summed E-state index contributed by atoms with van der Waals surface area (Å²) < 4.78 is 3.20. The summed E-state index contributed by atoms with van der Waals surface area (Å²) in [6.07, 6.45) is 2.39. The lowest BCUT2D eigenvalue weighted by molar-refractivity contribution is 0.657. The van der Waals surface area contributed by atoms with E-state index in [-0.39, 0.29) is 18.1 Å². The average Bonchev–Trinajstić information content (AvgIpc) is 3.24. The van der Waals surface area contributed by atoms with Crippen LogP contribution in [0.15, 0.2) is 35.4 Å². The van der Waals surface area contributed by atoms with Crippen LogP contribution in [0.1, 0.15) is 16.0 Å². The Bertz CT molecular complexity index is 1160. The summed E-state index contributed by atoms with van der Waals surface area (Å²) in [6, 6.07) is 7.58. The summed E-state index contributed by atoms with van der Waals surface area (Å²) in [7, 11) is 0. The van der Waals surface area contributed by atoms with E-state index in [2.05, 4.69) is 15.4 Å². The summed E-state index contributed by atoms with van der Waals surface area (Å²) in [4.78, 5) is 19.6. The van der Waals surface area contributed by atoms with Crippen LogP contribution in [0.25, 0.3) is 15.9 Å². The van der Waals surface area contributed by atoms with Crippen molar-refractivity contribution in [1.29, 1.82) is 0 Å². The molecule has 0 unspecified atom stereocenters. The van der Waals surface area contributed by atoms with Crippen LogP contribution in [0.2, 0.25) is 5.02 Å². The van der Waals surface area contributed by atoms with Crippen LogP contribution in [0.5, 0.6) is 0 Å². The van der Waals surface area contributed by atoms with Gasteiger partial charge < -0.3 is 5.32 Å². The molecular formula is C17H15Cl2N5OS. The van der Waals surface area contributed by atoms with Gasteiger partial charge in [0.1, 0.15) is 11.2 Å². The molecule has 26 heavy (non-hydrogen) atoms. The van der Waals surface area contributed by atoms with Crippen molar-refractivity contribution in [1.82, 2.24) is 24.5 Å². The summed E-state index contributed by atoms with van der Waals surface area (Å²) >= 11 is 7.65. The van der Waals surface area contributed by atoms with Crippen molar-refractivity contribution in [3.8, 4) is 0 Å². The molecular weight excluding hydrogens is 393 g/mol. The van der Waals surface area contributed by atoms with E-state index in [4.69, 9.17) is 11.6 Å². The van der Waals surface area contributed by atoms with Gasteiger partial charge in [0, 0.05) is 16.4 Å². The van der Waals surface area contributed by atoms with E-state index < -0.39 is 0 Å². The first-order valence-corrected chi connectivity index (χ1v) is 9.24. The molecule has 1 aliphatic rings. The molecule has 6 nitrogen and oxygen atoms in total. The summed E-state index contributed by atoms with van der Waals surface area (Å²) in [5.41, 5.74) is 2.81. The quantitative estimate of drug-likeness (QED) is 0.554. The molecule has 0 fully saturated rings. The fourth-order valence-electron chi connectivity index (χ4n) is 3.41. The molecule has 1 aliphatic heterocycles. The monoisotopic (exact) mass is 407 g/mol. The van der Waals surface area contributed by atoms with Crippen molar-refractivity contribution < 1.29 is 0 Å². The number of halogens is 2. The van der Waals surface area contributed by atoms with E-state index in [1.54, 1.807) is 15.9 Å². The maximum Gasteiger partial charge on any atom is 0.352 e. The Labute approximate surface area is 163 Å². The Morgan fingerprint density at radius 3 is 2.88 bits per heavy atom. The van der Waals surface area contributed by atoms with E-state index in [9.17, 15) is 4.79 Å². The minimum absolute atomic E-state index is 0. The molecule has 134 valence electrons. The van der Waals surface area contributed by atoms with Crippen molar-refractivity contribution in [3.63, 3.8) is 0 Å². The minimum Gasteiger partial charge on any atom is -0.312 e. The lowest BCUT2D eigenvalue weighted by Gasteiger charge is -2.12. The zero-order valence-electron chi connectivity index (χ0n) is 13.6. The van der Waals surface area contributed by atoms with Crippen molar-refractivity contribution in [3.05, 3.63) is 62.1 Å². The van der Waals surface area contributed by atoms with Crippen LogP contribution in [0.3, 0.4) is 0 Å². The Morgan fingerprint density at radius 1 is 1.27 bits per heavy atom. The highest BCUT2D eigenvalue weighted by Crippen LogP contribution is 2.34. The van der Waals surface area contributed by atoms with Gasteiger partial charge in [0.15, 0.2) is 5.65 Å². The highest BCUT2D eigenvalue weighted by molar-refractivity contribution is 7.19. The SMILES string of the molecule is Cl.O=c1n(Cc2ccc(Cl)cc2)c2sc3c(c2c2ncnn12)CCNC3. The van der Waals surface area contributed by atoms with E-state index in [1.165, 1.54) is 21.3 Å². The van der Waals surface area contributed by atoms with Gasteiger partial charge in [-0.25, -0.2) is 9.78 Å². The molecule has 0 bridgehead atoms. The molecule has 0 spiro atoms. The van der Waals surface area contributed by atoms with E-state index in [1.807, 2.05) is 24.3 Å². The predicted octanol–water partition coefficient (Wildman–Crippen LogP) is 2.87. The van der Waals surface area contributed by atoms with Crippen molar-refractivity contribution >= 4 is 51.2 Å². The third-order valence-corrected chi connectivity index (χ3v) is 6.10. The number of hydrogen-bond acceptors (Lipinski definition) is 5. The standard InChI is InChI=1S/C17H14ClN5OS.ClH/c18-11-3-1-10(2-4-11)8-22-16-14(12-5-6-19-7-13(12)25-16)15-20-9-21-23(15)17(22)24;/h1-4,9,19H,5-8H2;1H. The van der Waals surface area contributed by atoms with Gasteiger partial charge in [-0.2, -0.15) is 9.61 Å². The number of hydrogen-bond donors (Lipinski definition) is 1. The second-order valence-corrected chi connectivity index (χ2v) is 7.62. The molecule has 4 heterocycles. The van der Waals surface area contributed by atoms with Crippen LogP contribution < -0.4 is 11.0 Å². The van der Waals surface area contributed by atoms with E-state index in [0.29, 0.717) is 17.2 Å². The van der Waals surface area contributed by atoms with Gasteiger partial charge in [-0.05, 0) is 36.2 Å². The topological polar surface area (TPSA) is 64.2 Å². The van der Waals surface area contributed by atoms with Crippen LogP contribution >= 0.6 is 35.3 Å².